The van der Waals surface area contributed by atoms with E-state index >= 15 is 0 Å². The number of rotatable bonds is 2. The van der Waals surface area contributed by atoms with Crippen LogP contribution in [0, 0.1) is 18.6 Å². The van der Waals surface area contributed by atoms with Crippen LogP contribution in [0.1, 0.15) is 17.5 Å². The van der Waals surface area contributed by atoms with Crippen LogP contribution in [0.4, 0.5) is 14.5 Å². The molecule has 0 atom stereocenters. The quantitative estimate of drug-likeness (QED) is 0.849. The van der Waals surface area contributed by atoms with Crippen molar-refractivity contribution in [1.82, 2.24) is 0 Å². The topological polar surface area (TPSA) is 37.4 Å². The molecule has 0 saturated carbocycles. The molecule has 1 aliphatic heterocycles. The van der Waals surface area contributed by atoms with Crippen molar-refractivity contribution in [1.29, 1.82) is 0 Å². The van der Waals surface area contributed by atoms with Crippen LogP contribution < -0.4 is 4.31 Å². The molecule has 0 fully saturated rings. The number of fused-ring (bicyclic) bond motifs is 1. The van der Waals surface area contributed by atoms with E-state index < -0.39 is 21.7 Å². The SMILES string of the molecule is Cc1ccc2c(c1)CCCN2S(=O)(=O)c1cc(F)cc(F)c1. The fourth-order valence-corrected chi connectivity index (χ4v) is 4.33. The van der Waals surface area contributed by atoms with Crippen molar-refractivity contribution < 1.29 is 17.2 Å². The van der Waals surface area contributed by atoms with E-state index in [2.05, 4.69) is 0 Å². The zero-order valence-corrected chi connectivity index (χ0v) is 12.8. The molecule has 0 unspecified atom stereocenters. The van der Waals surface area contributed by atoms with Gasteiger partial charge in [0.1, 0.15) is 11.6 Å². The molecule has 3 nitrogen and oxygen atoms in total. The molecular formula is C16H15F2NO2S. The molecule has 0 spiro atoms. The summed E-state index contributed by atoms with van der Waals surface area (Å²) in [5, 5.41) is 0. The lowest BCUT2D eigenvalue weighted by atomic mass is 10.0. The third-order valence-corrected chi connectivity index (χ3v) is 5.53. The summed E-state index contributed by atoms with van der Waals surface area (Å²) in [7, 11) is -3.98. The molecule has 2 aromatic rings. The summed E-state index contributed by atoms with van der Waals surface area (Å²) < 4.78 is 53.4. The summed E-state index contributed by atoms with van der Waals surface area (Å²) in [5.74, 6) is -1.81. The summed E-state index contributed by atoms with van der Waals surface area (Å²) in [6, 6.07) is 7.88. The fraction of sp³-hybridized carbons (Fsp3) is 0.250. The van der Waals surface area contributed by atoms with E-state index in [0.29, 0.717) is 24.7 Å². The third-order valence-electron chi connectivity index (χ3n) is 3.74. The Hall–Kier alpha value is -1.95. The van der Waals surface area contributed by atoms with Gasteiger partial charge >= 0.3 is 0 Å². The minimum Gasteiger partial charge on any atom is -0.266 e. The summed E-state index contributed by atoms with van der Waals surface area (Å²) in [6.45, 7) is 2.24. The van der Waals surface area contributed by atoms with Crippen LogP contribution in [0.15, 0.2) is 41.3 Å². The zero-order valence-electron chi connectivity index (χ0n) is 12.0. The van der Waals surface area contributed by atoms with Gasteiger partial charge in [-0.2, -0.15) is 0 Å². The first-order chi connectivity index (χ1) is 10.4. The number of benzene rings is 2. The van der Waals surface area contributed by atoms with Crippen LogP contribution in [0.5, 0.6) is 0 Å². The Kier molecular flexibility index (Phi) is 3.64. The average molecular weight is 323 g/mol. The number of anilines is 1. The second kappa shape index (κ2) is 5.35. The number of sulfonamides is 1. The van der Waals surface area contributed by atoms with E-state index in [1.165, 1.54) is 4.31 Å². The molecule has 0 saturated heterocycles. The van der Waals surface area contributed by atoms with Crippen molar-refractivity contribution in [3.8, 4) is 0 Å². The van der Waals surface area contributed by atoms with Crippen molar-refractivity contribution in [3.63, 3.8) is 0 Å². The number of aryl methyl sites for hydroxylation is 2. The van der Waals surface area contributed by atoms with Gasteiger partial charge in [-0.25, -0.2) is 17.2 Å². The van der Waals surface area contributed by atoms with Gasteiger partial charge in [-0.1, -0.05) is 17.7 Å². The molecule has 6 heteroatoms. The van der Waals surface area contributed by atoms with Crippen molar-refractivity contribution >= 4 is 15.7 Å². The first kappa shape index (κ1) is 15.0. The minimum atomic E-state index is -3.98. The van der Waals surface area contributed by atoms with E-state index in [4.69, 9.17) is 0 Å². The van der Waals surface area contributed by atoms with Gasteiger partial charge in [-0.05, 0) is 43.5 Å². The number of hydrogen-bond donors (Lipinski definition) is 0. The van der Waals surface area contributed by atoms with E-state index in [1.807, 2.05) is 19.1 Å². The highest BCUT2D eigenvalue weighted by atomic mass is 32.2. The Morgan fingerprint density at radius 2 is 1.73 bits per heavy atom. The highest BCUT2D eigenvalue weighted by molar-refractivity contribution is 7.92. The van der Waals surface area contributed by atoms with Gasteiger partial charge in [0.25, 0.3) is 10.0 Å². The van der Waals surface area contributed by atoms with Crippen LogP contribution in [0.3, 0.4) is 0 Å². The van der Waals surface area contributed by atoms with Crippen LogP contribution in [-0.4, -0.2) is 15.0 Å². The number of nitrogens with zero attached hydrogens (tertiary/aromatic N) is 1. The maximum Gasteiger partial charge on any atom is 0.264 e. The van der Waals surface area contributed by atoms with Gasteiger partial charge in [-0.3, -0.25) is 4.31 Å². The Morgan fingerprint density at radius 3 is 2.41 bits per heavy atom. The lowest BCUT2D eigenvalue weighted by Crippen LogP contribution is -2.35. The molecule has 0 aromatic heterocycles. The molecule has 2 aromatic carbocycles. The molecule has 3 rings (SSSR count). The van der Waals surface area contributed by atoms with Gasteiger partial charge in [-0.15, -0.1) is 0 Å². The standard InChI is InChI=1S/C16H15F2NO2S/c1-11-4-5-16-12(7-11)3-2-6-19(16)22(20,21)15-9-13(17)8-14(18)10-15/h4-5,7-10H,2-3,6H2,1H3. The van der Waals surface area contributed by atoms with E-state index in [9.17, 15) is 17.2 Å². The van der Waals surface area contributed by atoms with Crippen molar-refractivity contribution in [2.45, 2.75) is 24.7 Å². The third kappa shape index (κ3) is 2.59. The van der Waals surface area contributed by atoms with Gasteiger partial charge < -0.3 is 0 Å². The first-order valence-corrected chi connectivity index (χ1v) is 8.40. The summed E-state index contributed by atoms with van der Waals surface area (Å²) in [5.41, 5.74) is 2.57. The summed E-state index contributed by atoms with van der Waals surface area (Å²) in [4.78, 5) is -0.363. The number of hydrogen-bond acceptors (Lipinski definition) is 2. The molecular weight excluding hydrogens is 308 g/mol. The molecule has 116 valence electrons. The summed E-state index contributed by atoms with van der Waals surface area (Å²) in [6.07, 6.45) is 1.47. The van der Waals surface area contributed by atoms with Crippen LogP contribution >= 0.6 is 0 Å². The second-order valence-corrected chi connectivity index (χ2v) is 7.28. The normalized spacial score (nSPS) is 14.8. The number of halogens is 2. The predicted molar refractivity (Wildman–Crippen MR) is 80.4 cm³/mol. The lowest BCUT2D eigenvalue weighted by molar-refractivity contribution is 0.564. The maximum atomic E-state index is 13.4. The van der Waals surface area contributed by atoms with Crippen LogP contribution in [0.25, 0.3) is 0 Å². The molecule has 0 bridgehead atoms. The first-order valence-electron chi connectivity index (χ1n) is 6.96. The van der Waals surface area contributed by atoms with Crippen LogP contribution in [-0.2, 0) is 16.4 Å². The Labute approximate surface area is 128 Å². The predicted octanol–water partition coefficient (Wildman–Crippen LogP) is 3.41. The van der Waals surface area contributed by atoms with Gasteiger partial charge in [0.2, 0.25) is 0 Å². The Morgan fingerprint density at radius 1 is 1.05 bits per heavy atom. The van der Waals surface area contributed by atoms with Gasteiger partial charge in [0.05, 0.1) is 10.6 Å². The highest BCUT2D eigenvalue weighted by Crippen LogP contribution is 2.32. The highest BCUT2D eigenvalue weighted by Gasteiger charge is 2.29. The Balaban J connectivity index is 2.11. The van der Waals surface area contributed by atoms with E-state index in [1.54, 1.807) is 6.07 Å². The zero-order chi connectivity index (χ0) is 15.9. The molecule has 1 heterocycles. The van der Waals surface area contributed by atoms with E-state index in [0.717, 1.165) is 29.7 Å². The molecule has 0 radical (unpaired) electrons. The monoisotopic (exact) mass is 323 g/mol. The van der Waals surface area contributed by atoms with Crippen LogP contribution in [0.2, 0.25) is 0 Å². The molecule has 0 N–H and O–H groups in total. The van der Waals surface area contributed by atoms with Crippen molar-refractivity contribution in [2.24, 2.45) is 0 Å². The molecule has 1 aliphatic rings. The van der Waals surface area contributed by atoms with Crippen molar-refractivity contribution in [2.75, 3.05) is 10.8 Å². The maximum absolute atomic E-state index is 13.4. The smallest absolute Gasteiger partial charge is 0.264 e. The van der Waals surface area contributed by atoms with Gasteiger partial charge in [0.15, 0.2) is 0 Å². The van der Waals surface area contributed by atoms with Gasteiger partial charge in [0, 0.05) is 12.6 Å². The lowest BCUT2D eigenvalue weighted by Gasteiger charge is -2.30. The summed E-state index contributed by atoms with van der Waals surface area (Å²) >= 11 is 0. The van der Waals surface area contributed by atoms with Crippen molar-refractivity contribution in [3.05, 3.63) is 59.2 Å². The second-order valence-electron chi connectivity index (χ2n) is 5.42. The Bertz CT molecular complexity index is 814. The molecule has 0 aliphatic carbocycles. The fourth-order valence-electron chi connectivity index (χ4n) is 2.75. The minimum absolute atomic E-state index is 0.302. The average Bonchev–Trinajstić information content (AvgIpc) is 2.45. The molecule has 22 heavy (non-hydrogen) atoms. The molecule has 0 amide bonds. The van der Waals surface area contributed by atoms with E-state index in [-0.39, 0.29) is 4.90 Å². The largest absolute Gasteiger partial charge is 0.266 e.